The van der Waals surface area contributed by atoms with Gasteiger partial charge in [0, 0.05) is 0 Å². The van der Waals surface area contributed by atoms with Gasteiger partial charge < -0.3 is 0 Å². The normalized spacial score (nSPS) is 12.7. The molecule has 0 aliphatic carbocycles. The van der Waals surface area contributed by atoms with Crippen molar-refractivity contribution >= 4 is 50.0 Å². The molecule has 0 spiro atoms. The number of fused-ring (bicyclic) bond motifs is 1. The van der Waals surface area contributed by atoms with Crippen LogP contribution in [0.5, 0.6) is 0 Å². The van der Waals surface area contributed by atoms with Gasteiger partial charge in [-0.05, 0) is 0 Å². The molecule has 0 heterocycles. The van der Waals surface area contributed by atoms with Gasteiger partial charge in [0.1, 0.15) is 0 Å². The third-order valence-electron chi connectivity index (χ3n) is 3.41. The monoisotopic (exact) mass is 408 g/mol. The molecule has 0 aliphatic heterocycles. The molecule has 0 amide bonds. The van der Waals surface area contributed by atoms with Crippen LogP contribution in [0, 0.1) is 0 Å². The van der Waals surface area contributed by atoms with E-state index < -0.39 is 13.6 Å². The summed E-state index contributed by atoms with van der Waals surface area (Å²) >= 11 is 3.01. The van der Waals surface area contributed by atoms with E-state index in [1.807, 2.05) is 30.3 Å². The van der Waals surface area contributed by atoms with E-state index in [9.17, 15) is 4.57 Å². The summed E-state index contributed by atoms with van der Waals surface area (Å²) in [7, 11) is 2.51. The molecule has 0 N–H and O–H groups in total. The topological polar surface area (TPSA) is 54.0 Å². The molecule has 0 aliphatic rings. The molecule has 2 aromatic carbocycles. The van der Waals surface area contributed by atoms with Crippen molar-refractivity contribution in [3.05, 3.63) is 36.4 Å². The Morgan fingerprint density at radius 1 is 0.818 bits per heavy atom. The molecule has 0 bridgehead atoms. The average molecular weight is 407 g/mol. The summed E-state index contributed by atoms with van der Waals surface area (Å²) in [6, 6.07) is 11.3. The van der Waals surface area contributed by atoms with Gasteiger partial charge in [-0.3, -0.25) is 0 Å². The van der Waals surface area contributed by atoms with Crippen LogP contribution in [-0.2, 0) is 22.7 Å². The SMILES string of the molecule is COP(=O)(OC)c1cccc2cccc(P(=[Se])(OC)OC)c12. The second-order valence-electron chi connectivity index (χ2n) is 4.38. The summed E-state index contributed by atoms with van der Waals surface area (Å²) in [5.74, 6) is -2.40. The summed E-state index contributed by atoms with van der Waals surface area (Å²) in [6.07, 6.45) is 0. The van der Waals surface area contributed by atoms with E-state index in [2.05, 4.69) is 15.1 Å². The zero-order chi connectivity index (χ0) is 16.4. The third-order valence-corrected chi connectivity index (χ3v) is 10.4. The number of hydrogen-bond acceptors (Lipinski definition) is 5. The van der Waals surface area contributed by atoms with Crippen LogP contribution in [0.15, 0.2) is 36.4 Å². The summed E-state index contributed by atoms with van der Waals surface area (Å²) in [5.41, 5.74) is 0. The first-order valence-electron chi connectivity index (χ1n) is 6.41. The Hall–Kier alpha value is -0.281. The molecule has 22 heavy (non-hydrogen) atoms. The molecule has 120 valence electrons. The summed E-state index contributed by atoms with van der Waals surface area (Å²) in [6.45, 7) is 0. The molecule has 0 unspecified atom stereocenters. The predicted octanol–water partition coefficient (Wildman–Crippen LogP) is 2.80. The van der Waals surface area contributed by atoms with E-state index in [1.54, 1.807) is 20.3 Å². The zero-order valence-electron chi connectivity index (χ0n) is 12.8. The van der Waals surface area contributed by atoms with Gasteiger partial charge in [0.15, 0.2) is 0 Å². The molecule has 0 radical (unpaired) electrons. The summed E-state index contributed by atoms with van der Waals surface area (Å²) in [4.78, 5) is 0. The van der Waals surface area contributed by atoms with E-state index in [-0.39, 0.29) is 0 Å². The van der Waals surface area contributed by atoms with E-state index in [1.165, 1.54) is 14.2 Å². The van der Waals surface area contributed by atoms with Crippen LogP contribution in [0.25, 0.3) is 10.8 Å². The van der Waals surface area contributed by atoms with E-state index >= 15 is 0 Å². The first-order chi connectivity index (χ1) is 10.5. The van der Waals surface area contributed by atoms with Crippen LogP contribution >= 0.6 is 13.6 Å². The number of rotatable bonds is 6. The minimum absolute atomic E-state index is 0.499. The fourth-order valence-electron chi connectivity index (χ4n) is 2.30. The molecular weight excluding hydrogens is 389 g/mol. The van der Waals surface area contributed by atoms with Gasteiger partial charge in [-0.15, -0.1) is 0 Å². The fourth-order valence-corrected chi connectivity index (χ4v) is 6.02. The minimum atomic E-state index is -3.40. The standard InChI is InChI=1S/C14H18O5P2Se/c1-16-20(15,17-2)12-9-5-7-11-8-6-10-13(14(11)12)21(22,18-3)19-4/h5-10H,1-4H3. The Kier molecular flexibility index (Phi) is 5.82. The first kappa shape index (κ1) is 18.1. The van der Waals surface area contributed by atoms with Crippen LogP contribution in [0.2, 0.25) is 0 Å². The fraction of sp³-hybridized carbons (Fsp3) is 0.286. The second-order valence-corrected chi connectivity index (χ2v) is 11.8. The Bertz CT molecular complexity index is 700. The molecule has 0 fully saturated rings. The Morgan fingerprint density at radius 2 is 1.32 bits per heavy atom. The number of benzene rings is 2. The van der Waals surface area contributed by atoms with Gasteiger partial charge in [0.25, 0.3) is 0 Å². The average Bonchev–Trinajstić information content (AvgIpc) is 2.59. The van der Waals surface area contributed by atoms with Crippen molar-refractivity contribution in [2.75, 3.05) is 28.4 Å². The van der Waals surface area contributed by atoms with Crippen LogP contribution in [0.4, 0.5) is 0 Å². The maximum atomic E-state index is 12.9. The molecule has 0 saturated heterocycles. The Labute approximate surface area is 137 Å². The van der Waals surface area contributed by atoms with Crippen molar-refractivity contribution in [3.8, 4) is 0 Å². The third kappa shape index (κ3) is 3.03. The van der Waals surface area contributed by atoms with Crippen molar-refractivity contribution in [1.29, 1.82) is 0 Å². The second kappa shape index (κ2) is 7.09. The Morgan fingerprint density at radius 3 is 1.77 bits per heavy atom. The molecule has 2 aromatic rings. The van der Waals surface area contributed by atoms with Gasteiger partial charge in [0.05, 0.1) is 0 Å². The van der Waals surface area contributed by atoms with Gasteiger partial charge in [-0.1, -0.05) is 0 Å². The van der Waals surface area contributed by atoms with Crippen molar-refractivity contribution in [1.82, 2.24) is 0 Å². The van der Waals surface area contributed by atoms with Crippen LogP contribution in [-0.4, -0.2) is 43.5 Å². The van der Waals surface area contributed by atoms with Crippen molar-refractivity contribution in [2.45, 2.75) is 0 Å². The van der Waals surface area contributed by atoms with Crippen molar-refractivity contribution < 1.29 is 22.7 Å². The maximum absolute atomic E-state index is 12.9. The van der Waals surface area contributed by atoms with Crippen LogP contribution < -0.4 is 10.6 Å². The summed E-state index contributed by atoms with van der Waals surface area (Å²) < 4.78 is 34.4. The first-order valence-corrected chi connectivity index (χ1v) is 11.8. The molecule has 2 rings (SSSR count). The van der Waals surface area contributed by atoms with Gasteiger partial charge >= 0.3 is 138 Å². The van der Waals surface area contributed by atoms with E-state index in [4.69, 9.17) is 18.1 Å². The van der Waals surface area contributed by atoms with Crippen molar-refractivity contribution in [2.24, 2.45) is 0 Å². The van der Waals surface area contributed by atoms with Gasteiger partial charge in [-0.25, -0.2) is 0 Å². The molecule has 8 heteroatoms. The quantitative estimate of drug-likeness (QED) is 0.545. The van der Waals surface area contributed by atoms with Crippen LogP contribution in [0.3, 0.4) is 0 Å². The predicted molar refractivity (Wildman–Crippen MR) is 91.5 cm³/mol. The van der Waals surface area contributed by atoms with Gasteiger partial charge in [-0.2, -0.15) is 0 Å². The molecular formula is C14H18O5P2Se. The van der Waals surface area contributed by atoms with Crippen molar-refractivity contribution in [3.63, 3.8) is 0 Å². The zero-order valence-corrected chi connectivity index (χ0v) is 16.3. The molecule has 0 atom stereocenters. The summed E-state index contributed by atoms with van der Waals surface area (Å²) in [5, 5.41) is 3.00. The number of hydrogen-bond donors (Lipinski definition) is 0. The van der Waals surface area contributed by atoms with Gasteiger partial charge in [0.2, 0.25) is 0 Å². The Balaban J connectivity index is 2.92. The molecule has 0 aromatic heterocycles. The van der Waals surface area contributed by atoms with Crippen LogP contribution in [0.1, 0.15) is 0 Å². The van der Waals surface area contributed by atoms with E-state index in [0.29, 0.717) is 5.30 Å². The molecule has 5 nitrogen and oxygen atoms in total. The van der Waals surface area contributed by atoms with E-state index in [0.717, 1.165) is 16.1 Å². The molecule has 0 saturated carbocycles.